The van der Waals surface area contributed by atoms with Crippen molar-refractivity contribution in [1.82, 2.24) is 9.21 Å². The third-order valence-corrected chi connectivity index (χ3v) is 9.53. The number of likely N-dealkylation sites (N-methyl/N-ethyl adjacent to an activating group) is 1. The zero-order chi connectivity index (χ0) is 31.4. The molecule has 0 unspecified atom stereocenters. The van der Waals surface area contributed by atoms with Gasteiger partial charge in [-0.05, 0) is 49.4 Å². The average molecular weight is 625 g/mol. The van der Waals surface area contributed by atoms with Gasteiger partial charge in [0.2, 0.25) is 22.7 Å². The number of ether oxygens (including phenoxy) is 3. The van der Waals surface area contributed by atoms with Gasteiger partial charge in [0.05, 0.1) is 30.5 Å². The van der Waals surface area contributed by atoms with Crippen molar-refractivity contribution < 1.29 is 37.3 Å². The molecule has 0 radical (unpaired) electrons. The van der Waals surface area contributed by atoms with Crippen LogP contribution in [0.5, 0.6) is 17.2 Å². The number of carbonyl (C=O) groups is 2. The van der Waals surface area contributed by atoms with Crippen molar-refractivity contribution in [2.24, 2.45) is 5.92 Å². The summed E-state index contributed by atoms with van der Waals surface area (Å²) in [5.74, 6) is 1.01. The molecule has 5 rings (SSSR count). The summed E-state index contributed by atoms with van der Waals surface area (Å²) in [6, 6.07) is 17.2. The van der Waals surface area contributed by atoms with Crippen LogP contribution in [0.25, 0.3) is 0 Å². The summed E-state index contributed by atoms with van der Waals surface area (Å²) in [7, 11) is -2.30. The van der Waals surface area contributed by atoms with Gasteiger partial charge in [-0.1, -0.05) is 25.1 Å². The number of amides is 3. The number of hydrogen-bond donors (Lipinski definition) is 3. The number of sulfonamides is 1. The molecule has 0 saturated carbocycles. The minimum Gasteiger partial charge on any atom is -0.488 e. The second kappa shape index (κ2) is 13.1. The minimum atomic E-state index is -3.80. The first-order valence-corrected chi connectivity index (χ1v) is 15.7. The summed E-state index contributed by atoms with van der Waals surface area (Å²) < 4.78 is 45.0. The Balaban J connectivity index is 1.39. The molecule has 2 aliphatic rings. The number of aliphatic hydroxyl groups is 1. The van der Waals surface area contributed by atoms with E-state index in [0.29, 0.717) is 34.2 Å². The Bertz CT molecular complexity index is 1620. The molecule has 2 aliphatic heterocycles. The van der Waals surface area contributed by atoms with Crippen molar-refractivity contribution in [2.45, 2.75) is 37.3 Å². The first-order chi connectivity index (χ1) is 21.0. The van der Waals surface area contributed by atoms with Gasteiger partial charge in [0, 0.05) is 42.5 Å². The summed E-state index contributed by atoms with van der Waals surface area (Å²) in [4.78, 5) is 28.1. The van der Waals surface area contributed by atoms with Crippen LogP contribution >= 0.6 is 0 Å². The largest absolute Gasteiger partial charge is 0.488 e. The van der Waals surface area contributed by atoms with Gasteiger partial charge in [-0.25, -0.2) is 13.2 Å². The van der Waals surface area contributed by atoms with Gasteiger partial charge in [0.25, 0.3) is 0 Å². The van der Waals surface area contributed by atoms with E-state index in [-0.39, 0.29) is 49.6 Å². The van der Waals surface area contributed by atoms with E-state index < -0.39 is 28.2 Å². The fourth-order valence-electron chi connectivity index (χ4n) is 5.12. The molecule has 13 heteroatoms. The number of aliphatic hydroxyl groups excluding tert-OH is 1. The normalized spacial score (nSPS) is 18.8. The van der Waals surface area contributed by atoms with Crippen LogP contribution in [0.15, 0.2) is 71.6 Å². The summed E-state index contributed by atoms with van der Waals surface area (Å²) in [5.41, 5.74) is 1.44. The molecular weight excluding hydrogens is 588 g/mol. The van der Waals surface area contributed by atoms with Gasteiger partial charge in [-0.15, -0.1) is 0 Å². The number of hydrogen-bond acceptors (Lipinski definition) is 8. The molecule has 0 fully saturated rings. The Labute approximate surface area is 256 Å². The van der Waals surface area contributed by atoms with Crippen LogP contribution in [0, 0.1) is 5.92 Å². The number of fused-ring (bicyclic) bond motifs is 2. The molecule has 3 atom stereocenters. The van der Waals surface area contributed by atoms with Crippen molar-refractivity contribution in [2.75, 3.05) is 44.2 Å². The van der Waals surface area contributed by atoms with Crippen molar-refractivity contribution in [3.05, 3.63) is 72.3 Å². The van der Waals surface area contributed by atoms with E-state index in [4.69, 9.17) is 14.2 Å². The van der Waals surface area contributed by atoms with E-state index in [1.54, 1.807) is 66.4 Å². The lowest BCUT2D eigenvalue weighted by Gasteiger charge is -2.33. The van der Waals surface area contributed by atoms with Crippen LogP contribution < -0.4 is 24.8 Å². The molecule has 0 aliphatic carbocycles. The molecule has 234 valence electrons. The van der Waals surface area contributed by atoms with Crippen molar-refractivity contribution in [3.63, 3.8) is 0 Å². The first kappa shape index (κ1) is 31.1. The Morgan fingerprint density at radius 3 is 2.39 bits per heavy atom. The number of rotatable bonds is 8. The van der Waals surface area contributed by atoms with Gasteiger partial charge in [-0.2, -0.15) is 4.31 Å². The van der Waals surface area contributed by atoms with E-state index >= 15 is 0 Å². The van der Waals surface area contributed by atoms with Crippen LogP contribution in [0.3, 0.4) is 0 Å². The molecule has 3 N–H and O–H groups in total. The minimum absolute atomic E-state index is 0.0192. The van der Waals surface area contributed by atoms with Crippen LogP contribution in [-0.4, -0.2) is 80.4 Å². The zero-order valence-electron chi connectivity index (χ0n) is 24.7. The van der Waals surface area contributed by atoms with Crippen molar-refractivity contribution in [3.8, 4) is 17.2 Å². The Kier molecular flexibility index (Phi) is 9.28. The molecule has 0 spiro atoms. The highest BCUT2D eigenvalue weighted by Gasteiger charge is 2.33. The highest BCUT2D eigenvalue weighted by molar-refractivity contribution is 7.89. The van der Waals surface area contributed by atoms with Crippen LogP contribution in [-0.2, 0) is 21.2 Å². The molecular formula is C31H36N4O8S. The lowest BCUT2D eigenvalue weighted by Crippen LogP contribution is -2.48. The topological polar surface area (TPSA) is 147 Å². The Morgan fingerprint density at radius 2 is 1.68 bits per heavy atom. The lowest BCUT2D eigenvalue weighted by molar-refractivity contribution is -0.134. The molecule has 3 amide bonds. The van der Waals surface area contributed by atoms with Crippen LogP contribution in [0.1, 0.15) is 19.4 Å². The Morgan fingerprint density at radius 1 is 1.02 bits per heavy atom. The zero-order valence-corrected chi connectivity index (χ0v) is 25.5. The summed E-state index contributed by atoms with van der Waals surface area (Å²) >= 11 is 0. The highest BCUT2D eigenvalue weighted by atomic mass is 32.2. The number of urea groups is 1. The lowest BCUT2D eigenvalue weighted by atomic mass is 10.0. The predicted octanol–water partition coefficient (Wildman–Crippen LogP) is 3.53. The first-order valence-electron chi connectivity index (χ1n) is 14.2. The fraction of sp³-hybridized carbons (Fsp3) is 0.355. The Hall–Kier alpha value is -4.33. The number of carbonyl (C=O) groups excluding carboxylic acids is 2. The van der Waals surface area contributed by atoms with Crippen molar-refractivity contribution in [1.29, 1.82) is 0 Å². The van der Waals surface area contributed by atoms with E-state index in [2.05, 4.69) is 10.6 Å². The molecule has 3 aromatic carbocycles. The molecule has 0 aromatic heterocycles. The molecule has 44 heavy (non-hydrogen) atoms. The second-order valence-corrected chi connectivity index (χ2v) is 13.0. The number of nitrogens with one attached hydrogen (secondary N) is 2. The van der Waals surface area contributed by atoms with E-state index in [1.807, 2.05) is 6.92 Å². The maximum atomic E-state index is 13.5. The molecule has 0 bridgehead atoms. The average Bonchev–Trinajstić information content (AvgIpc) is 3.49. The number of anilines is 2. The van der Waals surface area contributed by atoms with Gasteiger partial charge < -0.3 is 34.9 Å². The summed E-state index contributed by atoms with van der Waals surface area (Å²) in [6.45, 7) is 3.80. The number of benzene rings is 3. The summed E-state index contributed by atoms with van der Waals surface area (Å²) in [6.07, 6.45) is -0.680. The predicted molar refractivity (Wildman–Crippen MR) is 163 cm³/mol. The molecule has 3 aromatic rings. The van der Waals surface area contributed by atoms with Crippen LogP contribution in [0.4, 0.5) is 16.2 Å². The van der Waals surface area contributed by atoms with Gasteiger partial charge >= 0.3 is 6.03 Å². The van der Waals surface area contributed by atoms with Gasteiger partial charge in [-0.3, -0.25) is 4.79 Å². The molecule has 12 nitrogen and oxygen atoms in total. The van der Waals surface area contributed by atoms with E-state index in [0.717, 1.165) is 0 Å². The maximum absolute atomic E-state index is 13.5. The van der Waals surface area contributed by atoms with Crippen LogP contribution in [0.2, 0.25) is 0 Å². The molecule has 0 saturated heterocycles. The number of nitrogens with zero attached hydrogens (tertiary/aromatic N) is 2. The third-order valence-electron chi connectivity index (χ3n) is 7.69. The van der Waals surface area contributed by atoms with E-state index in [9.17, 15) is 23.1 Å². The van der Waals surface area contributed by atoms with Gasteiger partial charge in [0.1, 0.15) is 11.9 Å². The quantitative estimate of drug-likeness (QED) is 0.345. The van der Waals surface area contributed by atoms with E-state index in [1.165, 1.54) is 23.5 Å². The van der Waals surface area contributed by atoms with Gasteiger partial charge in [0.15, 0.2) is 11.5 Å². The smallest absolute Gasteiger partial charge is 0.323 e. The monoisotopic (exact) mass is 624 g/mol. The maximum Gasteiger partial charge on any atom is 0.323 e. The SMILES string of the molecule is C[C@@H]1CN([C@H](C)CO)C(=O)Cc2cc(NC(=O)Nc3ccc4c(c3)OCO4)ccc2O[C@H]1CN(C)S(=O)(=O)c1ccccc1. The standard InChI is InChI=1S/C31H36N4O8S/c1-20-16-35(21(2)18-36)30(37)14-22-13-23(32-31(38)33-24-10-12-27-28(15-24)42-19-41-27)9-11-26(22)43-29(20)17-34(3)44(39,40)25-7-5-4-6-8-25/h4-13,15,20-21,29,36H,14,16-19H2,1-3H3,(H2,32,33,38)/t20-,21-,29+/m1/s1. The molecule has 2 heterocycles. The highest BCUT2D eigenvalue weighted by Crippen LogP contribution is 2.34. The summed E-state index contributed by atoms with van der Waals surface area (Å²) in [5, 5.41) is 15.4. The fourth-order valence-corrected chi connectivity index (χ4v) is 6.32. The third kappa shape index (κ3) is 6.90. The second-order valence-electron chi connectivity index (χ2n) is 11.0. The van der Waals surface area contributed by atoms with Crippen molar-refractivity contribution >= 4 is 33.3 Å².